The first-order valence-electron chi connectivity index (χ1n) is 6.51. The van der Waals surface area contributed by atoms with Crippen LogP contribution in [0.15, 0.2) is 12.1 Å². The van der Waals surface area contributed by atoms with Crippen molar-refractivity contribution in [3.05, 3.63) is 28.8 Å². The van der Waals surface area contributed by atoms with E-state index >= 15 is 0 Å². The average molecular weight is 236 g/mol. The maximum absolute atomic E-state index is 10.3. The second-order valence-electron chi connectivity index (χ2n) is 4.90. The van der Waals surface area contributed by atoms with Gasteiger partial charge >= 0.3 is 0 Å². The van der Waals surface area contributed by atoms with E-state index in [9.17, 15) is 10.2 Å². The van der Waals surface area contributed by atoms with Crippen molar-refractivity contribution < 1.29 is 10.2 Å². The predicted octanol–water partition coefficient (Wildman–Crippen LogP) is 3.91. The molecule has 0 bridgehead atoms. The van der Waals surface area contributed by atoms with Gasteiger partial charge in [0.2, 0.25) is 0 Å². The van der Waals surface area contributed by atoms with Crippen molar-refractivity contribution in [3.63, 3.8) is 0 Å². The van der Waals surface area contributed by atoms with Crippen molar-refractivity contribution in [3.8, 4) is 5.75 Å². The first-order valence-corrected chi connectivity index (χ1v) is 6.51. The summed E-state index contributed by atoms with van der Waals surface area (Å²) in [7, 11) is 0. The second-order valence-corrected chi connectivity index (χ2v) is 4.90. The summed E-state index contributed by atoms with van der Waals surface area (Å²) >= 11 is 0. The van der Waals surface area contributed by atoms with Crippen LogP contribution in [-0.2, 0) is 6.61 Å². The third-order valence-corrected chi connectivity index (χ3v) is 3.70. The molecule has 2 N–H and O–H groups in total. The predicted molar refractivity (Wildman–Crippen MR) is 71.4 cm³/mol. The van der Waals surface area contributed by atoms with Gasteiger partial charge < -0.3 is 10.2 Å². The summed E-state index contributed by atoms with van der Waals surface area (Å²) in [5.41, 5.74) is 2.83. The van der Waals surface area contributed by atoms with Crippen LogP contribution in [0.3, 0.4) is 0 Å². The Bertz CT molecular complexity index is 340. The maximum atomic E-state index is 10.3. The zero-order valence-corrected chi connectivity index (χ0v) is 11.3. The number of phenols is 1. The normalized spacial score (nSPS) is 14.6. The van der Waals surface area contributed by atoms with E-state index in [0.717, 1.165) is 29.5 Å². The molecule has 0 radical (unpaired) electrons. The summed E-state index contributed by atoms with van der Waals surface area (Å²) in [5, 5.41) is 19.6. The molecule has 0 aliphatic heterocycles. The highest BCUT2D eigenvalue weighted by Crippen LogP contribution is 2.37. The SMILES string of the molecule is CCC(C)c1cc(CO)cc(C(C)CC)c1O. The lowest BCUT2D eigenvalue weighted by molar-refractivity contribution is 0.281. The van der Waals surface area contributed by atoms with Crippen LogP contribution in [0, 0.1) is 0 Å². The lowest BCUT2D eigenvalue weighted by Gasteiger charge is -2.19. The second kappa shape index (κ2) is 6.06. The molecule has 0 saturated carbocycles. The van der Waals surface area contributed by atoms with Crippen LogP contribution in [-0.4, -0.2) is 10.2 Å². The minimum atomic E-state index is 0.0349. The van der Waals surface area contributed by atoms with Gasteiger partial charge in [0, 0.05) is 0 Å². The number of rotatable bonds is 5. The fraction of sp³-hybridized carbons (Fsp3) is 0.600. The van der Waals surface area contributed by atoms with Gasteiger partial charge in [-0.05, 0) is 53.5 Å². The fourth-order valence-electron chi connectivity index (χ4n) is 2.03. The van der Waals surface area contributed by atoms with Crippen molar-refractivity contribution in [2.24, 2.45) is 0 Å². The topological polar surface area (TPSA) is 40.5 Å². The Morgan fingerprint density at radius 2 is 1.41 bits per heavy atom. The number of aliphatic hydroxyl groups is 1. The highest BCUT2D eigenvalue weighted by Gasteiger charge is 2.17. The van der Waals surface area contributed by atoms with Crippen molar-refractivity contribution in [2.45, 2.75) is 59.0 Å². The molecule has 1 aromatic carbocycles. The van der Waals surface area contributed by atoms with Gasteiger partial charge in [-0.2, -0.15) is 0 Å². The minimum Gasteiger partial charge on any atom is -0.507 e. The highest BCUT2D eigenvalue weighted by molar-refractivity contribution is 5.47. The van der Waals surface area contributed by atoms with Crippen LogP contribution in [0.2, 0.25) is 0 Å². The van der Waals surface area contributed by atoms with Crippen LogP contribution in [0.5, 0.6) is 5.75 Å². The Morgan fingerprint density at radius 3 is 1.71 bits per heavy atom. The smallest absolute Gasteiger partial charge is 0.122 e. The molecule has 0 aliphatic rings. The lowest BCUT2D eigenvalue weighted by Crippen LogP contribution is -2.01. The average Bonchev–Trinajstić information content (AvgIpc) is 2.37. The number of benzene rings is 1. The molecule has 0 saturated heterocycles. The number of phenolic OH excluding ortho intramolecular Hbond substituents is 1. The quantitative estimate of drug-likeness (QED) is 0.813. The van der Waals surface area contributed by atoms with E-state index in [-0.39, 0.29) is 6.61 Å². The molecule has 0 amide bonds. The van der Waals surface area contributed by atoms with E-state index in [1.165, 1.54) is 0 Å². The molecule has 2 unspecified atom stereocenters. The van der Waals surface area contributed by atoms with Gasteiger partial charge in [-0.1, -0.05) is 27.7 Å². The molecule has 2 heteroatoms. The van der Waals surface area contributed by atoms with Crippen molar-refractivity contribution in [1.29, 1.82) is 0 Å². The van der Waals surface area contributed by atoms with Gasteiger partial charge in [0.15, 0.2) is 0 Å². The molecular formula is C15H24O2. The van der Waals surface area contributed by atoms with E-state index < -0.39 is 0 Å². The van der Waals surface area contributed by atoms with Crippen LogP contribution in [0.4, 0.5) is 0 Å². The highest BCUT2D eigenvalue weighted by atomic mass is 16.3. The largest absolute Gasteiger partial charge is 0.507 e. The Morgan fingerprint density at radius 1 is 1.00 bits per heavy atom. The monoisotopic (exact) mass is 236 g/mol. The molecule has 96 valence electrons. The molecular weight excluding hydrogens is 212 g/mol. The van der Waals surface area contributed by atoms with Crippen molar-refractivity contribution in [1.82, 2.24) is 0 Å². The van der Waals surface area contributed by atoms with Gasteiger partial charge in [0.1, 0.15) is 5.75 Å². The zero-order chi connectivity index (χ0) is 13.0. The van der Waals surface area contributed by atoms with Crippen molar-refractivity contribution >= 4 is 0 Å². The summed E-state index contributed by atoms with van der Waals surface area (Å²) in [5.74, 6) is 1.07. The summed E-state index contributed by atoms with van der Waals surface area (Å²) in [4.78, 5) is 0. The fourth-order valence-corrected chi connectivity index (χ4v) is 2.03. The van der Waals surface area contributed by atoms with Gasteiger partial charge in [-0.15, -0.1) is 0 Å². The third kappa shape index (κ3) is 3.01. The summed E-state index contributed by atoms with van der Waals surface area (Å²) in [6, 6.07) is 3.85. The van der Waals surface area contributed by atoms with Crippen LogP contribution in [0.25, 0.3) is 0 Å². The van der Waals surface area contributed by atoms with E-state index in [4.69, 9.17) is 0 Å². The Kier molecular flexibility index (Phi) is 5.01. The molecule has 17 heavy (non-hydrogen) atoms. The Hall–Kier alpha value is -1.02. The molecule has 0 heterocycles. The van der Waals surface area contributed by atoms with Gasteiger partial charge in [-0.3, -0.25) is 0 Å². The van der Waals surface area contributed by atoms with Gasteiger partial charge in [0.25, 0.3) is 0 Å². The summed E-state index contributed by atoms with van der Waals surface area (Å²) < 4.78 is 0. The summed E-state index contributed by atoms with van der Waals surface area (Å²) in [6.07, 6.45) is 1.98. The molecule has 2 nitrogen and oxygen atoms in total. The molecule has 0 fully saturated rings. The van der Waals surface area contributed by atoms with E-state index in [0.29, 0.717) is 17.6 Å². The molecule has 0 spiro atoms. The molecule has 1 rings (SSSR count). The molecule has 2 atom stereocenters. The molecule has 0 aromatic heterocycles. The number of aromatic hydroxyl groups is 1. The van der Waals surface area contributed by atoms with Crippen LogP contribution in [0.1, 0.15) is 69.1 Å². The lowest BCUT2D eigenvalue weighted by atomic mass is 9.88. The van der Waals surface area contributed by atoms with Crippen molar-refractivity contribution in [2.75, 3.05) is 0 Å². The van der Waals surface area contributed by atoms with Crippen LogP contribution >= 0.6 is 0 Å². The maximum Gasteiger partial charge on any atom is 0.122 e. The number of aliphatic hydroxyl groups excluding tert-OH is 1. The van der Waals surface area contributed by atoms with E-state index in [2.05, 4.69) is 27.7 Å². The summed E-state index contributed by atoms with van der Waals surface area (Å²) in [6.45, 7) is 8.47. The Balaban J connectivity index is 3.30. The third-order valence-electron chi connectivity index (χ3n) is 3.70. The van der Waals surface area contributed by atoms with Gasteiger partial charge in [-0.25, -0.2) is 0 Å². The van der Waals surface area contributed by atoms with Crippen LogP contribution < -0.4 is 0 Å². The first kappa shape index (κ1) is 14.0. The molecule has 0 aliphatic carbocycles. The number of hydrogen-bond acceptors (Lipinski definition) is 2. The standard InChI is InChI=1S/C15H24O2/c1-5-10(3)13-7-12(9-16)8-14(15(13)17)11(4)6-2/h7-8,10-11,16-17H,5-6,9H2,1-4H3. The minimum absolute atomic E-state index is 0.0349. The Labute approximate surface area is 104 Å². The van der Waals surface area contributed by atoms with Gasteiger partial charge in [0.05, 0.1) is 6.61 Å². The van der Waals surface area contributed by atoms with E-state index in [1.807, 2.05) is 12.1 Å². The number of hydrogen-bond donors (Lipinski definition) is 2. The first-order chi connectivity index (χ1) is 8.04. The zero-order valence-electron chi connectivity index (χ0n) is 11.3. The molecule has 1 aromatic rings. The van der Waals surface area contributed by atoms with E-state index in [1.54, 1.807) is 0 Å².